The highest BCUT2D eigenvalue weighted by atomic mass is 16.7. The summed E-state index contributed by atoms with van der Waals surface area (Å²) in [5.41, 5.74) is 3.34. The monoisotopic (exact) mass is 265 g/mol. The number of nitrogens with one attached hydrogen (secondary N) is 1. The van der Waals surface area contributed by atoms with Gasteiger partial charge in [-0.15, -0.1) is 0 Å². The van der Waals surface area contributed by atoms with Crippen LogP contribution in [0.1, 0.15) is 23.6 Å². The van der Waals surface area contributed by atoms with E-state index in [0.717, 1.165) is 16.7 Å². The number of benzene rings is 1. The number of carbonyl (C=O) groups is 1. The quantitative estimate of drug-likeness (QED) is 0.800. The topological polar surface area (TPSA) is 47.6 Å². The zero-order valence-electron chi connectivity index (χ0n) is 12.3. The Hall–Kier alpha value is -1.39. The fourth-order valence-electron chi connectivity index (χ4n) is 2.04. The predicted octanol–water partition coefficient (Wildman–Crippen LogP) is 1.97. The lowest BCUT2D eigenvalue weighted by Crippen LogP contribution is -2.43. The first-order chi connectivity index (χ1) is 8.97. The van der Waals surface area contributed by atoms with Crippen molar-refractivity contribution in [1.29, 1.82) is 0 Å². The highest BCUT2D eigenvalue weighted by Gasteiger charge is 2.18. The van der Waals surface area contributed by atoms with E-state index in [-0.39, 0.29) is 11.9 Å². The molecule has 0 aromatic heterocycles. The molecule has 106 valence electrons. The molecule has 0 aliphatic rings. The van der Waals surface area contributed by atoms with Crippen LogP contribution in [0.25, 0.3) is 0 Å². The van der Waals surface area contributed by atoms with E-state index in [2.05, 4.69) is 5.32 Å². The second-order valence-corrected chi connectivity index (χ2v) is 4.80. The van der Waals surface area contributed by atoms with Crippen LogP contribution in [0.2, 0.25) is 0 Å². The Kier molecular flexibility index (Phi) is 5.99. The largest absolute Gasteiger partial charge is 0.354 e. The third-order valence-corrected chi connectivity index (χ3v) is 3.12. The standard InChI is InChI=1S/C15H23NO3/c1-10-6-7-11(2)13(8-10)9-14(17)16-12(3)15(18-4)19-5/h6-8,12,15H,9H2,1-5H3,(H,16,17). The predicted molar refractivity (Wildman–Crippen MR) is 75.0 cm³/mol. The Balaban J connectivity index is 2.62. The maximum absolute atomic E-state index is 12.0. The van der Waals surface area contributed by atoms with Gasteiger partial charge in [-0.05, 0) is 31.9 Å². The summed E-state index contributed by atoms with van der Waals surface area (Å²) in [6.07, 6.45) is -0.0552. The zero-order chi connectivity index (χ0) is 14.4. The van der Waals surface area contributed by atoms with Gasteiger partial charge in [-0.3, -0.25) is 4.79 Å². The lowest BCUT2D eigenvalue weighted by atomic mass is 10.0. The Bertz CT molecular complexity index is 427. The van der Waals surface area contributed by atoms with Gasteiger partial charge in [-0.25, -0.2) is 0 Å². The highest BCUT2D eigenvalue weighted by Crippen LogP contribution is 2.11. The number of rotatable bonds is 6. The van der Waals surface area contributed by atoms with Gasteiger partial charge in [0.05, 0.1) is 12.5 Å². The van der Waals surface area contributed by atoms with Gasteiger partial charge in [0.25, 0.3) is 0 Å². The summed E-state index contributed by atoms with van der Waals surface area (Å²) in [4.78, 5) is 12.0. The molecule has 4 heteroatoms. The van der Waals surface area contributed by atoms with Crippen molar-refractivity contribution in [3.05, 3.63) is 34.9 Å². The van der Waals surface area contributed by atoms with Gasteiger partial charge in [-0.2, -0.15) is 0 Å². The summed E-state index contributed by atoms with van der Waals surface area (Å²) >= 11 is 0. The van der Waals surface area contributed by atoms with E-state index < -0.39 is 6.29 Å². The molecule has 0 aliphatic carbocycles. The molecule has 1 aromatic carbocycles. The molecule has 0 spiro atoms. The Labute approximate surface area is 115 Å². The van der Waals surface area contributed by atoms with Crippen molar-refractivity contribution in [2.24, 2.45) is 0 Å². The molecule has 1 aromatic rings. The molecule has 1 N–H and O–H groups in total. The van der Waals surface area contributed by atoms with E-state index in [1.807, 2.05) is 39.0 Å². The molecule has 1 rings (SSSR count). The number of carbonyl (C=O) groups excluding carboxylic acids is 1. The van der Waals surface area contributed by atoms with Gasteiger partial charge < -0.3 is 14.8 Å². The maximum atomic E-state index is 12.0. The van der Waals surface area contributed by atoms with Crippen LogP contribution in [0.3, 0.4) is 0 Å². The SMILES string of the molecule is COC(OC)C(C)NC(=O)Cc1cc(C)ccc1C. The summed E-state index contributed by atoms with van der Waals surface area (Å²) in [5.74, 6) is -0.0275. The summed E-state index contributed by atoms with van der Waals surface area (Å²) in [5, 5.41) is 2.89. The van der Waals surface area contributed by atoms with Gasteiger partial charge in [0.15, 0.2) is 6.29 Å². The molecular weight excluding hydrogens is 242 g/mol. The van der Waals surface area contributed by atoms with Gasteiger partial charge in [-0.1, -0.05) is 23.8 Å². The number of amides is 1. The number of hydrogen-bond acceptors (Lipinski definition) is 3. The number of hydrogen-bond donors (Lipinski definition) is 1. The molecular formula is C15H23NO3. The summed E-state index contributed by atoms with van der Waals surface area (Å²) in [6, 6.07) is 5.94. The van der Waals surface area contributed by atoms with Crippen LogP contribution in [0, 0.1) is 13.8 Å². The van der Waals surface area contributed by atoms with Crippen LogP contribution < -0.4 is 5.32 Å². The molecule has 0 saturated heterocycles. The van der Waals surface area contributed by atoms with E-state index in [1.165, 1.54) is 0 Å². The molecule has 1 unspecified atom stereocenters. The number of ether oxygens (including phenoxy) is 2. The van der Waals surface area contributed by atoms with Gasteiger partial charge in [0.2, 0.25) is 5.91 Å². The van der Waals surface area contributed by atoms with E-state index in [0.29, 0.717) is 6.42 Å². The van der Waals surface area contributed by atoms with Crippen LogP contribution in [0.5, 0.6) is 0 Å². The Morgan fingerprint density at radius 2 is 1.89 bits per heavy atom. The average Bonchev–Trinajstić information content (AvgIpc) is 2.35. The summed E-state index contributed by atoms with van der Waals surface area (Å²) in [6.45, 7) is 5.90. The minimum absolute atomic E-state index is 0.0275. The Morgan fingerprint density at radius 1 is 1.26 bits per heavy atom. The molecule has 0 radical (unpaired) electrons. The second-order valence-electron chi connectivity index (χ2n) is 4.80. The van der Waals surface area contributed by atoms with E-state index in [1.54, 1.807) is 14.2 Å². The van der Waals surface area contributed by atoms with Crippen LogP contribution in [0.4, 0.5) is 0 Å². The van der Waals surface area contributed by atoms with Crippen LogP contribution in [-0.2, 0) is 20.7 Å². The number of methoxy groups -OCH3 is 2. The molecule has 0 saturated carbocycles. The average molecular weight is 265 g/mol. The Morgan fingerprint density at radius 3 is 2.47 bits per heavy atom. The smallest absolute Gasteiger partial charge is 0.224 e. The second kappa shape index (κ2) is 7.26. The lowest BCUT2D eigenvalue weighted by Gasteiger charge is -2.22. The van der Waals surface area contributed by atoms with Crippen LogP contribution >= 0.6 is 0 Å². The number of aryl methyl sites for hydroxylation is 2. The van der Waals surface area contributed by atoms with E-state index in [4.69, 9.17) is 9.47 Å². The minimum Gasteiger partial charge on any atom is -0.354 e. The first kappa shape index (κ1) is 15.7. The van der Waals surface area contributed by atoms with Crippen LogP contribution in [0.15, 0.2) is 18.2 Å². The molecule has 1 amide bonds. The maximum Gasteiger partial charge on any atom is 0.224 e. The van der Waals surface area contributed by atoms with Crippen LogP contribution in [-0.4, -0.2) is 32.5 Å². The van der Waals surface area contributed by atoms with Crippen molar-refractivity contribution in [3.8, 4) is 0 Å². The zero-order valence-corrected chi connectivity index (χ0v) is 12.3. The molecule has 1 atom stereocenters. The highest BCUT2D eigenvalue weighted by molar-refractivity contribution is 5.79. The molecule has 0 bridgehead atoms. The third-order valence-electron chi connectivity index (χ3n) is 3.12. The molecule has 0 heterocycles. The lowest BCUT2D eigenvalue weighted by molar-refractivity contribution is -0.135. The normalized spacial score (nSPS) is 12.5. The minimum atomic E-state index is -0.428. The first-order valence-electron chi connectivity index (χ1n) is 6.39. The van der Waals surface area contributed by atoms with E-state index in [9.17, 15) is 4.79 Å². The molecule has 4 nitrogen and oxygen atoms in total. The van der Waals surface area contributed by atoms with Crippen molar-refractivity contribution in [1.82, 2.24) is 5.32 Å². The van der Waals surface area contributed by atoms with Crippen molar-refractivity contribution in [3.63, 3.8) is 0 Å². The van der Waals surface area contributed by atoms with Crippen molar-refractivity contribution in [2.45, 2.75) is 39.5 Å². The summed E-state index contributed by atoms with van der Waals surface area (Å²) in [7, 11) is 3.11. The molecule has 0 fully saturated rings. The van der Waals surface area contributed by atoms with Crippen molar-refractivity contribution >= 4 is 5.91 Å². The van der Waals surface area contributed by atoms with Crippen molar-refractivity contribution < 1.29 is 14.3 Å². The van der Waals surface area contributed by atoms with Gasteiger partial charge >= 0.3 is 0 Å². The fourth-order valence-corrected chi connectivity index (χ4v) is 2.04. The van der Waals surface area contributed by atoms with Gasteiger partial charge in [0, 0.05) is 14.2 Å². The first-order valence-corrected chi connectivity index (χ1v) is 6.39. The summed E-state index contributed by atoms with van der Waals surface area (Å²) < 4.78 is 10.2. The van der Waals surface area contributed by atoms with Crippen molar-refractivity contribution in [2.75, 3.05) is 14.2 Å². The molecule has 19 heavy (non-hydrogen) atoms. The van der Waals surface area contributed by atoms with Gasteiger partial charge in [0.1, 0.15) is 0 Å². The molecule has 0 aliphatic heterocycles. The third kappa shape index (κ3) is 4.65. The fraction of sp³-hybridized carbons (Fsp3) is 0.533. The van der Waals surface area contributed by atoms with E-state index >= 15 is 0 Å².